The highest BCUT2D eigenvalue weighted by molar-refractivity contribution is 7.22. The summed E-state index contributed by atoms with van der Waals surface area (Å²) in [5, 5.41) is 8.36. The Balaban J connectivity index is 1.58. The first-order chi connectivity index (χ1) is 11.6. The maximum Gasteiger partial charge on any atom is 0.262 e. The fraction of sp³-hybridized carbons (Fsp3) is 0.118. The van der Waals surface area contributed by atoms with E-state index >= 15 is 0 Å². The maximum absolute atomic E-state index is 12.1. The number of aromatic nitrogens is 1. The third-order valence-corrected chi connectivity index (χ3v) is 4.47. The summed E-state index contributed by atoms with van der Waals surface area (Å²) < 4.78 is 1.08. The van der Waals surface area contributed by atoms with Crippen LogP contribution in [0.25, 0.3) is 10.2 Å². The average molecular weight is 359 g/mol. The molecule has 0 aliphatic rings. The van der Waals surface area contributed by atoms with Crippen LogP contribution in [0, 0.1) is 0 Å². The number of halogens is 1. The number of nitrogens with one attached hydrogen (secondary N) is 2. The number of fused-ring (bicyclic) bond motifs is 1. The Bertz CT molecular complexity index is 860. The highest BCUT2D eigenvalue weighted by Gasteiger charge is 2.14. The fourth-order valence-electron chi connectivity index (χ4n) is 2.04. The summed E-state index contributed by atoms with van der Waals surface area (Å²) in [4.78, 5) is 16.5. The van der Waals surface area contributed by atoms with Gasteiger partial charge in [0.2, 0.25) is 0 Å². The first-order valence-corrected chi connectivity index (χ1v) is 8.52. The molecule has 3 rings (SSSR count). The molecule has 1 amide bonds. The van der Waals surface area contributed by atoms with E-state index in [1.807, 2.05) is 36.4 Å². The van der Waals surface area contributed by atoms with Gasteiger partial charge in [-0.1, -0.05) is 47.2 Å². The molecule has 3 aromatic rings. The summed E-state index contributed by atoms with van der Waals surface area (Å²) in [5.41, 5.74) is 4.23. The van der Waals surface area contributed by atoms with E-state index in [1.165, 1.54) is 11.3 Å². The van der Waals surface area contributed by atoms with Crippen molar-refractivity contribution < 1.29 is 4.79 Å². The van der Waals surface area contributed by atoms with Crippen molar-refractivity contribution >= 4 is 50.4 Å². The van der Waals surface area contributed by atoms with Crippen LogP contribution < -0.4 is 10.7 Å². The van der Waals surface area contributed by atoms with Gasteiger partial charge in [-0.15, -0.1) is 0 Å². The highest BCUT2D eigenvalue weighted by Crippen LogP contribution is 2.25. The number of carbonyl (C=O) groups excluding carboxylic acids is 1. The first kappa shape index (κ1) is 16.4. The van der Waals surface area contributed by atoms with Gasteiger partial charge in [-0.25, -0.2) is 10.4 Å². The van der Waals surface area contributed by atoms with Gasteiger partial charge in [-0.05, 0) is 36.8 Å². The Labute approximate surface area is 148 Å². The molecular formula is C17H15ClN4OS. The van der Waals surface area contributed by atoms with Gasteiger partial charge in [0, 0.05) is 5.02 Å². The molecule has 122 valence electrons. The number of benzene rings is 2. The minimum Gasteiger partial charge on any atom is -0.350 e. The van der Waals surface area contributed by atoms with Crippen LogP contribution >= 0.6 is 22.9 Å². The number of hydrogen-bond acceptors (Lipinski definition) is 5. The van der Waals surface area contributed by atoms with Crippen LogP contribution in [-0.2, 0) is 4.79 Å². The molecule has 0 aliphatic heterocycles. The van der Waals surface area contributed by atoms with E-state index in [0.717, 1.165) is 15.8 Å². The lowest BCUT2D eigenvalue weighted by Crippen LogP contribution is -2.34. The van der Waals surface area contributed by atoms with E-state index < -0.39 is 6.04 Å². The number of para-hydroxylation sites is 1. The summed E-state index contributed by atoms with van der Waals surface area (Å²) in [5.74, 6) is -0.243. The second-order valence-electron chi connectivity index (χ2n) is 5.14. The van der Waals surface area contributed by atoms with E-state index in [2.05, 4.69) is 20.8 Å². The maximum atomic E-state index is 12.1. The van der Waals surface area contributed by atoms with Crippen molar-refractivity contribution in [3.63, 3.8) is 0 Å². The van der Waals surface area contributed by atoms with Gasteiger partial charge in [0.15, 0.2) is 5.13 Å². The molecule has 1 heterocycles. The summed E-state index contributed by atoms with van der Waals surface area (Å²) in [6.07, 6.45) is 1.55. The van der Waals surface area contributed by atoms with E-state index in [4.69, 9.17) is 11.6 Å². The molecule has 0 bridgehead atoms. The third-order valence-electron chi connectivity index (χ3n) is 3.26. The lowest BCUT2D eigenvalue weighted by molar-refractivity contribution is -0.121. The van der Waals surface area contributed by atoms with Gasteiger partial charge in [0.1, 0.15) is 6.04 Å². The number of amides is 1. The van der Waals surface area contributed by atoms with Gasteiger partial charge in [-0.2, -0.15) is 5.10 Å². The smallest absolute Gasteiger partial charge is 0.262 e. The Morgan fingerprint density at radius 1 is 1.29 bits per heavy atom. The van der Waals surface area contributed by atoms with Gasteiger partial charge >= 0.3 is 0 Å². The molecule has 0 aliphatic carbocycles. The number of rotatable bonds is 5. The van der Waals surface area contributed by atoms with Crippen molar-refractivity contribution in [2.24, 2.45) is 5.10 Å². The quantitative estimate of drug-likeness (QED) is 0.537. The zero-order valence-electron chi connectivity index (χ0n) is 12.9. The Hall–Kier alpha value is -2.44. The second-order valence-corrected chi connectivity index (χ2v) is 6.61. The van der Waals surface area contributed by atoms with Crippen molar-refractivity contribution in [1.29, 1.82) is 0 Å². The molecular weight excluding hydrogens is 344 g/mol. The summed E-state index contributed by atoms with van der Waals surface area (Å²) in [6.45, 7) is 1.76. The Morgan fingerprint density at radius 3 is 2.92 bits per heavy atom. The van der Waals surface area contributed by atoms with Gasteiger partial charge < -0.3 is 5.32 Å². The molecule has 0 saturated heterocycles. The van der Waals surface area contributed by atoms with Crippen LogP contribution in [0.3, 0.4) is 0 Å². The van der Waals surface area contributed by atoms with Crippen LogP contribution in [0.2, 0.25) is 5.02 Å². The lowest BCUT2D eigenvalue weighted by Gasteiger charge is -2.10. The average Bonchev–Trinajstić information content (AvgIpc) is 2.97. The van der Waals surface area contributed by atoms with Crippen LogP contribution in [0.5, 0.6) is 0 Å². The number of nitrogens with zero attached hydrogens (tertiary/aromatic N) is 2. The normalized spacial score (nSPS) is 12.4. The number of anilines is 1. The third kappa shape index (κ3) is 4.10. The highest BCUT2D eigenvalue weighted by atomic mass is 35.5. The molecule has 0 unspecified atom stereocenters. The number of carbonyl (C=O) groups is 1. The number of thiazole rings is 1. The molecule has 5 nitrogen and oxygen atoms in total. The second kappa shape index (κ2) is 7.42. The van der Waals surface area contributed by atoms with Gasteiger partial charge in [0.05, 0.1) is 16.4 Å². The lowest BCUT2D eigenvalue weighted by atomic mass is 10.2. The molecule has 0 saturated carbocycles. The molecule has 1 atom stereocenters. The molecule has 0 radical (unpaired) electrons. The van der Waals surface area contributed by atoms with Crippen LogP contribution in [0.15, 0.2) is 53.6 Å². The summed E-state index contributed by atoms with van der Waals surface area (Å²) in [7, 11) is 0. The Kier molecular flexibility index (Phi) is 5.08. The molecule has 1 aromatic heterocycles. The minimum atomic E-state index is -0.456. The molecule has 7 heteroatoms. The molecule has 0 fully saturated rings. The predicted octanol–water partition coefficient (Wildman–Crippen LogP) is 3.90. The molecule has 0 spiro atoms. The minimum absolute atomic E-state index is 0.243. The largest absolute Gasteiger partial charge is 0.350 e. The summed E-state index contributed by atoms with van der Waals surface area (Å²) >= 11 is 7.41. The fourth-order valence-corrected chi connectivity index (χ4v) is 3.19. The molecule has 2 aromatic carbocycles. The number of hydrazone groups is 1. The van der Waals surface area contributed by atoms with E-state index in [1.54, 1.807) is 25.3 Å². The van der Waals surface area contributed by atoms with Gasteiger partial charge in [0.25, 0.3) is 5.91 Å². The van der Waals surface area contributed by atoms with E-state index in [9.17, 15) is 4.79 Å². The van der Waals surface area contributed by atoms with E-state index in [-0.39, 0.29) is 5.91 Å². The standard InChI is InChI=1S/C17H15ClN4OS/c1-11(20-17-21-14-7-2-3-8-15(14)24-17)16(23)22-19-10-12-5-4-6-13(18)9-12/h2-11H,1H3,(H,20,21)(H,22,23)/b19-10-/t11-/m0/s1. The zero-order chi connectivity index (χ0) is 16.9. The van der Waals surface area contributed by atoms with Gasteiger partial charge in [-0.3, -0.25) is 4.79 Å². The van der Waals surface area contributed by atoms with Crippen molar-refractivity contribution in [3.05, 3.63) is 59.1 Å². The first-order valence-electron chi connectivity index (χ1n) is 7.32. The monoisotopic (exact) mass is 358 g/mol. The Morgan fingerprint density at radius 2 is 2.12 bits per heavy atom. The molecule has 2 N–H and O–H groups in total. The molecule has 24 heavy (non-hydrogen) atoms. The van der Waals surface area contributed by atoms with Crippen LogP contribution in [0.4, 0.5) is 5.13 Å². The van der Waals surface area contributed by atoms with Crippen LogP contribution in [0.1, 0.15) is 12.5 Å². The van der Waals surface area contributed by atoms with E-state index in [0.29, 0.717) is 10.2 Å². The topological polar surface area (TPSA) is 66.4 Å². The van der Waals surface area contributed by atoms with Crippen molar-refractivity contribution in [3.8, 4) is 0 Å². The van der Waals surface area contributed by atoms with Crippen molar-refractivity contribution in [1.82, 2.24) is 10.4 Å². The zero-order valence-corrected chi connectivity index (χ0v) is 14.4. The SMILES string of the molecule is C[C@H](Nc1nc2ccccc2s1)C(=O)N/N=C\c1cccc(Cl)c1. The summed E-state index contributed by atoms with van der Waals surface area (Å²) in [6, 6.07) is 14.6. The van der Waals surface area contributed by atoms with Crippen LogP contribution in [-0.4, -0.2) is 23.1 Å². The number of hydrogen-bond donors (Lipinski definition) is 2. The van der Waals surface area contributed by atoms with Crippen molar-refractivity contribution in [2.45, 2.75) is 13.0 Å². The predicted molar refractivity (Wildman–Crippen MR) is 99.9 cm³/mol. The van der Waals surface area contributed by atoms with Crippen molar-refractivity contribution in [2.75, 3.05) is 5.32 Å².